The van der Waals surface area contributed by atoms with E-state index in [1.807, 2.05) is 0 Å². The van der Waals surface area contributed by atoms with Crippen molar-refractivity contribution < 1.29 is 4.79 Å². The van der Waals surface area contributed by atoms with E-state index in [-0.39, 0.29) is 5.91 Å². The molecule has 1 saturated heterocycles. The van der Waals surface area contributed by atoms with Crippen LogP contribution in [0.25, 0.3) is 0 Å². The maximum Gasteiger partial charge on any atom is 0.238 e. The van der Waals surface area contributed by atoms with Crippen molar-refractivity contribution in [2.75, 3.05) is 30.7 Å². The zero-order chi connectivity index (χ0) is 13.8. The molecule has 0 aromatic heterocycles. The summed E-state index contributed by atoms with van der Waals surface area (Å²) >= 11 is 11.9. The van der Waals surface area contributed by atoms with Gasteiger partial charge in [-0.15, -0.1) is 0 Å². The Labute approximate surface area is 122 Å². The van der Waals surface area contributed by atoms with Gasteiger partial charge in [0, 0.05) is 0 Å². The van der Waals surface area contributed by atoms with Crippen molar-refractivity contribution in [1.29, 1.82) is 0 Å². The third-order valence-electron chi connectivity index (χ3n) is 3.18. The number of nitrogens with one attached hydrogen (secondary N) is 1. The van der Waals surface area contributed by atoms with Crippen molar-refractivity contribution in [2.24, 2.45) is 0 Å². The van der Waals surface area contributed by atoms with Gasteiger partial charge in [-0.05, 0) is 38.1 Å². The summed E-state index contributed by atoms with van der Waals surface area (Å²) in [5.41, 5.74) is 6.54. The van der Waals surface area contributed by atoms with Gasteiger partial charge in [0.2, 0.25) is 5.91 Å². The number of hydrogen-bond donors (Lipinski definition) is 2. The van der Waals surface area contributed by atoms with E-state index < -0.39 is 0 Å². The minimum Gasteiger partial charge on any atom is -0.397 e. The molecule has 0 saturated carbocycles. The van der Waals surface area contributed by atoms with E-state index in [4.69, 9.17) is 28.9 Å². The molecule has 1 aliphatic rings. The monoisotopic (exact) mass is 301 g/mol. The maximum absolute atomic E-state index is 11.9. The molecule has 104 valence electrons. The van der Waals surface area contributed by atoms with E-state index in [1.54, 1.807) is 12.1 Å². The first kappa shape index (κ1) is 14.4. The van der Waals surface area contributed by atoms with Crippen LogP contribution in [0.3, 0.4) is 0 Å². The maximum atomic E-state index is 11.9. The van der Waals surface area contributed by atoms with Crippen molar-refractivity contribution in [1.82, 2.24) is 4.90 Å². The summed E-state index contributed by atoms with van der Waals surface area (Å²) < 4.78 is 0. The third kappa shape index (κ3) is 4.00. The quantitative estimate of drug-likeness (QED) is 0.844. The highest BCUT2D eigenvalue weighted by molar-refractivity contribution is 6.37. The highest BCUT2D eigenvalue weighted by Crippen LogP contribution is 2.30. The first-order chi connectivity index (χ1) is 9.06. The Kier molecular flexibility index (Phi) is 4.91. The molecule has 6 heteroatoms. The summed E-state index contributed by atoms with van der Waals surface area (Å²) in [4.78, 5) is 14.1. The van der Waals surface area contributed by atoms with Gasteiger partial charge in [0.15, 0.2) is 0 Å². The number of piperidine rings is 1. The van der Waals surface area contributed by atoms with Crippen LogP contribution in [-0.2, 0) is 4.79 Å². The number of carbonyl (C=O) groups is 1. The molecule has 1 heterocycles. The Morgan fingerprint density at radius 2 is 1.89 bits per heavy atom. The summed E-state index contributed by atoms with van der Waals surface area (Å²) in [6.07, 6.45) is 3.56. The number of carbonyl (C=O) groups excluding carboxylic acids is 1. The lowest BCUT2D eigenvalue weighted by Crippen LogP contribution is -2.36. The van der Waals surface area contributed by atoms with Crippen LogP contribution in [0.5, 0.6) is 0 Å². The zero-order valence-electron chi connectivity index (χ0n) is 10.6. The Balaban J connectivity index is 1.96. The number of anilines is 2. The Hall–Kier alpha value is -0.970. The van der Waals surface area contributed by atoms with Crippen LogP contribution in [0.15, 0.2) is 12.1 Å². The van der Waals surface area contributed by atoms with Crippen molar-refractivity contribution in [2.45, 2.75) is 19.3 Å². The highest BCUT2D eigenvalue weighted by atomic mass is 35.5. The van der Waals surface area contributed by atoms with Gasteiger partial charge in [-0.25, -0.2) is 0 Å². The highest BCUT2D eigenvalue weighted by Gasteiger charge is 2.15. The normalized spacial score (nSPS) is 16.3. The van der Waals surface area contributed by atoms with Crippen LogP contribution in [-0.4, -0.2) is 30.4 Å². The van der Waals surface area contributed by atoms with Crippen LogP contribution in [0.2, 0.25) is 10.0 Å². The molecule has 0 atom stereocenters. The Morgan fingerprint density at radius 3 is 2.58 bits per heavy atom. The molecule has 1 aliphatic heterocycles. The first-order valence-corrected chi connectivity index (χ1v) is 7.08. The second-order valence-corrected chi connectivity index (χ2v) is 5.55. The van der Waals surface area contributed by atoms with Gasteiger partial charge in [-0.1, -0.05) is 29.6 Å². The fourth-order valence-corrected chi connectivity index (χ4v) is 2.55. The van der Waals surface area contributed by atoms with Crippen LogP contribution < -0.4 is 11.1 Å². The predicted octanol–water partition coefficient (Wildman–Crippen LogP) is 3.00. The number of hydrogen-bond acceptors (Lipinski definition) is 3. The molecule has 0 aliphatic carbocycles. The van der Waals surface area contributed by atoms with Gasteiger partial charge in [0.05, 0.1) is 28.0 Å². The number of nitrogen functional groups attached to an aromatic ring is 1. The van der Waals surface area contributed by atoms with Gasteiger partial charge in [0.25, 0.3) is 0 Å². The van der Waals surface area contributed by atoms with Crippen LogP contribution in [0, 0.1) is 0 Å². The number of benzene rings is 1. The molecule has 1 fully saturated rings. The second kappa shape index (κ2) is 6.46. The Morgan fingerprint density at radius 1 is 1.21 bits per heavy atom. The minimum absolute atomic E-state index is 0.0790. The second-order valence-electron chi connectivity index (χ2n) is 4.74. The minimum atomic E-state index is -0.0790. The number of likely N-dealkylation sites (tertiary alicyclic amines) is 1. The number of rotatable bonds is 3. The Bertz CT molecular complexity index is 473. The fraction of sp³-hybridized carbons (Fsp3) is 0.462. The SMILES string of the molecule is Nc1cc(Cl)c(NC(=O)CN2CCCCC2)cc1Cl. The molecule has 4 nitrogen and oxygen atoms in total. The van der Waals surface area contributed by atoms with Crippen molar-refractivity contribution in [3.05, 3.63) is 22.2 Å². The molecule has 19 heavy (non-hydrogen) atoms. The van der Waals surface area contributed by atoms with Gasteiger partial charge in [-0.3, -0.25) is 9.69 Å². The van der Waals surface area contributed by atoms with Crippen LogP contribution in [0.1, 0.15) is 19.3 Å². The molecular formula is C13H17Cl2N3O. The molecule has 0 radical (unpaired) electrons. The van der Waals surface area contributed by atoms with E-state index in [2.05, 4.69) is 10.2 Å². The molecule has 1 aromatic rings. The molecule has 0 spiro atoms. The van der Waals surface area contributed by atoms with E-state index >= 15 is 0 Å². The van der Waals surface area contributed by atoms with Crippen LogP contribution >= 0.6 is 23.2 Å². The number of nitrogens with zero attached hydrogens (tertiary/aromatic N) is 1. The summed E-state index contributed by atoms with van der Waals surface area (Å²) in [6.45, 7) is 2.34. The standard InChI is InChI=1S/C13H17Cl2N3O/c14-9-7-12(10(15)6-11(9)16)17-13(19)8-18-4-2-1-3-5-18/h6-7H,1-5,8,16H2,(H,17,19). The molecule has 2 rings (SSSR count). The lowest BCUT2D eigenvalue weighted by molar-refractivity contribution is -0.117. The average molecular weight is 302 g/mol. The molecule has 3 N–H and O–H groups in total. The van der Waals surface area contributed by atoms with E-state index in [1.165, 1.54) is 6.42 Å². The summed E-state index contributed by atoms with van der Waals surface area (Å²) in [5.74, 6) is -0.0790. The fourth-order valence-electron chi connectivity index (χ4n) is 2.17. The molecule has 0 unspecified atom stereocenters. The molecule has 1 amide bonds. The number of halogens is 2. The lowest BCUT2D eigenvalue weighted by atomic mass is 10.1. The summed E-state index contributed by atoms with van der Waals surface area (Å²) in [6, 6.07) is 3.12. The molecule has 1 aromatic carbocycles. The zero-order valence-corrected chi connectivity index (χ0v) is 12.1. The smallest absolute Gasteiger partial charge is 0.238 e. The van der Waals surface area contributed by atoms with E-state index in [0.29, 0.717) is 28.0 Å². The predicted molar refractivity (Wildman–Crippen MR) is 79.8 cm³/mol. The lowest BCUT2D eigenvalue weighted by Gasteiger charge is -2.25. The topological polar surface area (TPSA) is 58.4 Å². The summed E-state index contributed by atoms with van der Waals surface area (Å²) in [7, 11) is 0. The van der Waals surface area contributed by atoms with Crippen molar-refractivity contribution in [3.63, 3.8) is 0 Å². The van der Waals surface area contributed by atoms with E-state index in [9.17, 15) is 4.79 Å². The third-order valence-corrected chi connectivity index (χ3v) is 3.82. The largest absolute Gasteiger partial charge is 0.397 e. The van der Waals surface area contributed by atoms with Crippen molar-refractivity contribution in [3.8, 4) is 0 Å². The van der Waals surface area contributed by atoms with E-state index in [0.717, 1.165) is 25.9 Å². The molecule has 0 bridgehead atoms. The number of nitrogens with two attached hydrogens (primary N) is 1. The van der Waals surface area contributed by atoms with Gasteiger partial charge in [0.1, 0.15) is 0 Å². The van der Waals surface area contributed by atoms with Crippen molar-refractivity contribution >= 4 is 40.5 Å². The van der Waals surface area contributed by atoms with Gasteiger partial charge < -0.3 is 11.1 Å². The summed E-state index contributed by atoms with van der Waals surface area (Å²) in [5, 5.41) is 3.56. The number of amides is 1. The van der Waals surface area contributed by atoms with Gasteiger partial charge >= 0.3 is 0 Å². The average Bonchev–Trinajstić information content (AvgIpc) is 2.37. The van der Waals surface area contributed by atoms with Crippen LogP contribution in [0.4, 0.5) is 11.4 Å². The van der Waals surface area contributed by atoms with Gasteiger partial charge in [-0.2, -0.15) is 0 Å². The first-order valence-electron chi connectivity index (χ1n) is 6.33. The molecular weight excluding hydrogens is 285 g/mol.